The van der Waals surface area contributed by atoms with Crippen LogP contribution in [0.4, 0.5) is 0 Å². The number of piperidine rings is 1. The fraction of sp³-hybridized carbons (Fsp3) is 0.611. The van der Waals surface area contributed by atoms with Crippen LogP contribution in [-0.2, 0) is 10.0 Å². The van der Waals surface area contributed by atoms with E-state index in [-0.39, 0.29) is 29.0 Å². The molecule has 0 bridgehead atoms. The highest BCUT2D eigenvalue weighted by atomic mass is 35.5. The van der Waals surface area contributed by atoms with Gasteiger partial charge in [-0.15, -0.1) is 12.4 Å². The number of sulfonamides is 1. The van der Waals surface area contributed by atoms with Crippen molar-refractivity contribution in [2.75, 3.05) is 33.3 Å². The maximum Gasteiger partial charge on any atom is 0.251 e. The van der Waals surface area contributed by atoms with Crippen LogP contribution in [0.3, 0.4) is 0 Å². The number of carbonyl (C=O) groups excluding carboxylic acids is 1. The minimum absolute atomic E-state index is 0. The Morgan fingerprint density at radius 3 is 2.48 bits per heavy atom. The smallest absolute Gasteiger partial charge is 0.251 e. The van der Waals surface area contributed by atoms with Crippen LogP contribution in [0.5, 0.6) is 5.75 Å². The molecule has 2 atom stereocenters. The van der Waals surface area contributed by atoms with Gasteiger partial charge >= 0.3 is 0 Å². The third-order valence-corrected chi connectivity index (χ3v) is 6.40. The number of rotatable bonds is 7. The molecule has 0 radical (unpaired) electrons. The molecule has 1 aliphatic rings. The minimum atomic E-state index is -3.74. The molecule has 1 aromatic rings. The Morgan fingerprint density at radius 1 is 1.30 bits per heavy atom. The molecule has 1 aliphatic heterocycles. The third kappa shape index (κ3) is 5.81. The van der Waals surface area contributed by atoms with Gasteiger partial charge in [-0.2, -0.15) is 4.31 Å². The summed E-state index contributed by atoms with van der Waals surface area (Å²) in [6.45, 7) is 5.98. The van der Waals surface area contributed by atoms with Crippen molar-refractivity contribution < 1.29 is 17.9 Å². The molecule has 0 spiro atoms. The number of carbonyl (C=O) groups is 1. The SMILES string of the molecule is COc1ccc(C(=O)NCCCN)cc1S(=O)(=O)N1CC(C)CC(C)C1.Cl. The van der Waals surface area contributed by atoms with Crippen LogP contribution in [0.2, 0.25) is 0 Å². The molecule has 2 unspecified atom stereocenters. The number of nitrogens with two attached hydrogens (primary N) is 1. The van der Waals surface area contributed by atoms with Gasteiger partial charge < -0.3 is 15.8 Å². The molecule has 1 amide bonds. The van der Waals surface area contributed by atoms with E-state index in [0.29, 0.717) is 50.0 Å². The lowest BCUT2D eigenvalue weighted by Crippen LogP contribution is -2.42. The van der Waals surface area contributed by atoms with E-state index in [0.717, 1.165) is 6.42 Å². The predicted molar refractivity (Wildman–Crippen MR) is 108 cm³/mol. The highest BCUT2D eigenvalue weighted by Crippen LogP contribution is 2.32. The normalized spacial score (nSPS) is 20.6. The summed E-state index contributed by atoms with van der Waals surface area (Å²) in [6, 6.07) is 4.49. The monoisotopic (exact) mass is 419 g/mol. The highest BCUT2D eigenvalue weighted by Gasteiger charge is 2.34. The number of hydrogen-bond acceptors (Lipinski definition) is 5. The van der Waals surface area contributed by atoms with Crippen LogP contribution < -0.4 is 15.8 Å². The standard InChI is InChI=1S/C18H29N3O4S.ClH/c1-13-9-14(2)12-21(11-13)26(23,24)17-10-15(5-6-16(17)25-3)18(22)20-8-4-7-19;/h5-6,10,13-14H,4,7-9,11-12,19H2,1-3H3,(H,20,22);1H. The van der Waals surface area contributed by atoms with Gasteiger partial charge in [0.1, 0.15) is 10.6 Å². The summed E-state index contributed by atoms with van der Waals surface area (Å²) in [4.78, 5) is 12.3. The summed E-state index contributed by atoms with van der Waals surface area (Å²) in [5.41, 5.74) is 5.72. The zero-order valence-corrected chi connectivity index (χ0v) is 17.7. The van der Waals surface area contributed by atoms with E-state index >= 15 is 0 Å². The fourth-order valence-corrected chi connectivity index (χ4v) is 5.23. The second kappa shape index (κ2) is 10.3. The zero-order chi connectivity index (χ0) is 19.3. The number of methoxy groups -OCH3 is 1. The average Bonchev–Trinajstić information content (AvgIpc) is 2.60. The van der Waals surface area contributed by atoms with E-state index < -0.39 is 10.0 Å². The summed E-state index contributed by atoms with van der Waals surface area (Å²) in [5.74, 6) is 0.511. The maximum atomic E-state index is 13.2. The van der Waals surface area contributed by atoms with Gasteiger partial charge in [0, 0.05) is 25.2 Å². The fourth-order valence-electron chi connectivity index (χ4n) is 3.37. The second-order valence-corrected chi connectivity index (χ2v) is 8.94. The number of nitrogens with zero attached hydrogens (tertiary/aromatic N) is 1. The van der Waals surface area contributed by atoms with E-state index in [4.69, 9.17) is 10.5 Å². The van der Waals surface area contributed by atoms with Crippen molar-refractivity contribution in [2.45, 2.75) is 31.6 Å². The molecule has 1 saturated heterocycles. The molecule has 154 valence electrons. The third-order valence-electron chi connectivity index (χ3n) is 4.55. The van der Waals surface area contributed by atoms with Crippen molar-refractivity contribution in [2.24, 2.45) is 17.6 Å². The van der Waals surface area contributed by atoms with Crippen LogP contribution in [-0.4, -0.2) is 51.9 Å². The Bertz CT molecular complexity index is 732. The van der Waals surface area contributed by atoms with Gasteiger partial charge in [-0.1, -0.05) is 13.8 Å². The largest absolute Gasteiger partial charge is 0.495 e. The van der Waals surface area contributed by atoms with Gasteiger partial charge in [0.25, 0.3) is 5.91 Å². The molecule has 0 saturated carbocycles. The van der Waals surface area contributed by atoms with Crippen LogP contribution in [0.1, 0.15) is 37.0 Å². The lowest BCUT2D eigenvalue weighted by atomic mass is 9.94. The Kier molecular flexibility index (Phi) is 9.01. The molecule has 1 fully saturated rings. The molecule has 7 nitrogen and oxygen atoms in total. The lowest BCUT2D eigenvalue weighted by Gasteiger charge is -2.34. The van der Waals surface area contributed by atoms with Crippen molar-refractivity contribution in [3.8, 4) is 5.75 Å². The first-order valence-electron chi connectivity index (χ1n) is 8.96. The molecule has 1 heterocycles. The van der Waals surface area contributed by atoms with E-state index in [9.17, 15) is 13.2 Å². The van der Waals surface area contributed by atoms with E-state index in [1.807, 2.05) is 0 Å². The van der Waals surface area contributed by atoms with Crippen molar-refractivity contribution >= 4 is 28.3 Å². The van der Waals surface area contributed by atoms with Crippen LogP contribution in [0.25, 0.3) is 0 Å². The average molecular weight is 420 g/mol. The predicted octanol–water partition coefficient (Wildman–Crippen LogP) is 1.86. The Hall–Kier alpha value is -1.35. The maximum absolute atomic E-state index is 13.2. The van der Waals surface area contributed by atoms with Crippen molar-refractivity contribution in [3.05, 3.63) is 23.8 Å². The summed E-state index contributed by atoms with van der Waals surface area (Å²) >= 11 is 0. The Morgan fingerprint density at radius 2 is 1.93 bits per heavy atom. The van der Waals surface area contributed by atoms with E-state index in [1.54, 1.807) is 6.07 Å². The topological polar surface area (TPSA) is 102 Å². The van der Waals surface area contributed by atoms with Gasteiger partial charge in [-0.25, -0.2) is 8.42 Å². The van der Waals surface area contributed by atoms with Crippen LogP contribution in [0.15, 0.2) is 23.1 Å². The van der Waals surface area contributed by atoms with Gasteiger partial charge in [-0.3, -0.25) is 4.79 Å². The molecular weight excluding hydrogens is 390 g/mol. The van der Waals surface area contributed by atoms with Gasteiger partial charge in [0.05, 0.1) is 7.11 Å². The summed E-state index contributed by atoms with van der Waals surface area (Å²) in [5, 5.41) is 2.74. The molecule has 0 aromatic heterocycles. The molecule has 0 aliphatic carbocycles. The van der Waals surface area contributed by atoms with Crippen LogP contribution in [0, 0.1) is 11.8 Å². The Labute approximate surface area is 168 Å². The van der Waals surface area contributed by atoms with Crippen molar-refractivity contribution in [3.63, 3.8) is 0 Å². The molecular formula is C18H30ClN3O4S. The number of ether oxygens (including phenoxy) is 1. The summed E-state index contributed by atoms with van der Waals surface area (Å²) in [6.07, 6.45) is 1.67. The van der Waals surface area contributed by atoms with Crippen LogP contribution >= 0.6 is 12.4 Å². The van der Waals surface area contributed by atoms with Crippen molar-refractivity contribution in [1.82, 2.24) is 9.62 Å². The molecule has 27 heavy (non-hydrogen) atoms. The number of nitrogens with one attached hydrogen (secondary N) is 1. The minimum Gasteiger partial charge on any atom is -0.495 e. The number of hydrogen-bond donors (Lipinski definition) is 2. The number of benzene rings is 1. The van der Waals surface area contributed by atoms with Gasteiger partial charge in [0.2, 0.25) is 10.0 Å². The van der Waals surface area contributed by atoms with Crippen molar-refractivity contribution in [1.29, 1.82) is 0 Å². The van der Waals surface area contributed by atoms with Gasteiger partial charge in [-0.05, 0) is 49.4 Å². The molecule has 9 heteroatoms. The molecule has 1 aromatic carbocycles. The highest BCUT2D eigenvalue weighted by molar-refractivity contribution is 7.89. The van der Waals surface area contributed by atoms with E-state index in [1.165, 1.54) is 23.5 Å². The molecule has 3 N–H and O–H groups in total. The quantitative estimate of drug-likeness (QED) is 0.657. The Balaban J connectivity index is 0.00000364. The second-order valence-electron chi connectivity index (χ2n) is 7.03. The molecule has 2 rings (SSSR count). The first kappa shape index (κ1) is 23.7. The number of amides is 1. The summed E-state index contributed by atoms with van der Waals surface area (Å²) in [7, 11) is -2.32. The summed E-state index contributed by atoms with van der Waals surface area (Å²) < 4.78 is 33.1. The lowest BCUT2D eigenvalue weighted by molar-refractivity contribution is 0.0953. The van der Waals surface area contributed by atoms with E-state index in [2.05, 4.69) is 19.2 Å². The first-order chi connectivity index (χ1) is 12.3. The number of halogens is 1. The van der Waals surface area contributed by atoms with Gasteiger partial charge in [0.15, 0.2) is 0 Å². The first-order valence-corrected chi connectivity index (χ1v) is 10.4. The zero-order valence-electron chi connectivity index (χ0n) is 16.1.